The molecule has 0 bridgehead atoms. The Morgan fingerprint density at radius 2 is 2.00 bits per heavy atom. The maximum absolute atomic E-state index is 11.3. The van der Waals surface area contributed by atoms with E-state index in [4.69, 9.17) is 0 Å². The zero-order valence-corrected chi connectivity index (χ0v) is 13.8. The standard InChI is InChI=1S/C16H26N2O2S/c1-3-15-12-17-16(14-8-5-4-6-9-14)13-18(15)10-7-11-21(2,19)20/h4-6,8-9,15-17H,3,7,10-13H2,1-2H3. The van der Waals surface area contributed by atoms with Gasteiger partial charge >= 0.3 is 0 Å². The number of hydrogen-bond donors (Lipinski definition) is 1. The summed E-state index contributed by atoms with van der Waals surface area (Å²) < 4.78 is 22.6. The molecule has 1 aliphatic rings. The minimum absolute atomic E-state index is 0.281. The smallest absolute Gasteiger partial charge is 0.147 e. The van der Waals surface area contributed by atoms with E-state index >= 15 is 0 Å². The second-order valence-corrected chi connectivity index (χ2v) is 8.17. The molecule has 1 saturated heterocycles. The van der Waals surface area contributed by atoms with Crippen LogP contribution in [0.25, 0.3) is 0 Å². The second-order valence-electron chi connectivity index (χ2n) is 5.91. The predicted molar refractivity (Wildman–Crippen MR) is 87.2 cm³/mol. The first-order valence-corrected chi connectivity index (χ1v) is 9.75. The molecule has 1 aromatic carbocycles. The molecule has 2 atom stereocenters. The molecule has 2 rings (SSSR count). The molecule has 0 spiro atoms. The summed E-state index contributed by atoms with van der Waals surface area (Å²) in [5.41, 5.74) is 1.31. The summed E-state index contributed by atoms with van der Waals surface area (Å²) in [6.07, 6.45) is 3.12. The fraction of sp³-hybridized carbons (Fsp3) is 0.625. The lowest BCUT2D eigenvalue weighted by Crippen LogP contribution is -2.52. The maximum atomic E-state index is 11.3. The van der Waals surface area contributed by atoms with Crippen molar-refractivity contribution >= 4 is 9.84 Å². The molecule has 118 valence electrons. The van der Waals surface area contributed by atoms with Gasteiger partial charge in [0, 0.05) is 31.4 Å². The van der Waals surface area contributed by atoms with Gasteiger partial charge in [-0.05, 0) is 24.9 Å². The summed E-state index contributed by atoms with van der Waals surface area (Å²) in [4.78, 5) is 2.44. The third-order valence-electron chi connectivity index (χ3n) is 4.17. The number of sulfone groups is 1. The van der Waals surface area contributed by atoms with Crippen LogP contribution in [-0.2, 0) is 9.84 Å². The van der Waals surface area contributed by atoms with E-state index in [1.165, 1.54) is 11.8 Å². The molecule has 0 aromatic heterocycles. The van der Waals surface area contributed by atoms with E-state index in [0.717, 1.165) is 32.5 Å². The van der Waals surface area contributed by atoms with Crippen LogP contribution in [0.4, 0.5) is 0 Å². The zero-order valence-electron chi connectivity index (χ0n) is 13.0. The van der Waals surface area contributed by atoms with Crippen LogP contribution in [0.3, 0.4) is 0 Å². The monoisotopic (exact) mass is 310 g/mol. The average Bonchev–Trinajstić information content (AvgIpc) is 2.47. The third kappa shape index (κ3) is 5.09. The third-order valence-corrected chi connectivity index (χ3v) is 5.20. The molecule has 4 nitrogen and oxygen atoms in total. The topological polar surface area (TPSA) is 49.4 Å². The number of nitrogens with zero attached hydrogens (tertiary/aromatic N) is 1. The van der Waals surface area contributed by atoms with E-state index in [-0.39, 0.29) is 5.75 Å². The molecule has 5 heteroatoms. The van der Waals surface area contributed by atoms with Crippen LogP contribution in [0.5, 0.6) is 0 Å². The molecule has 1 fully saturated rings. The van der Waals surface area contributed by atoms with Crippen LogP contribution < -0.4 is 5.32 Å². The van der Waals surface area contributed by atoms with Crippen LogP contribution in [0.1, 0.15) is 31.4 Å². The molecule has 0 saturated carbocycles. The Balaban J connectivity index is 1.96. The Morgan fingerprint density at radius 1 is 1.29 bits per heavy atom. The van der Waals surface area contributed by atoms with Gasteiger partial charge in [-0.3, -0.25) is 4.90 Å². The molecule has 1 aromatic rings. The molecule has 0 aliphatic carbocycles. The van der Waals surface area contributed by atoms with Crippen molar-refractivity contribution in [3.05, 3.63) is 35.9 Å². The summed E-state index contributed by atoms with van der Waals surface area (Å²) in [7, 11) is -2.86. The first kappa shape index (κ1) is 16.5. The Labute approximate surface area is 128 Å². The molecule has 1 N–H and O–H groups in total. The van der Waals surface area contributed by atoms with Crippen molar-refractivity contribution in [1.29, 1.82) is 0 Å². The van der Waals surface area contributed by atoms with Gasteiger partial charge in [0.25, 0.3) is 0 Å². The lowest BCUT2D eigenvalue weighted by atomic mass is 10.0. The highest BCUT2D eigenvalue weighted by atomic mass is 32.2. The molecular weight excluding hydrogens is 284 g/mol. The Morgan fingerprint density at radius 3 is 2.62 bits per heavy atom. The highest BCUT2D eigenvalue weighted by Crippen LogP contribution is 2.21. The fourth-order valence-electron chi connectivity index (χ4n) is 2.97. The van der Waals surface area contributed by atoms with E-state index < -0.39 is 9.84 Å². The van der Waals surface area contributed by atoms with E-state index in [9.17, 15) is 8.42 Å². The van der Waals surface area contributed by atoms with Crippen LogP contribution in [0, 0.1) is 0 Å². The average molecular weight is 310 g/mol. The van der Waals surface area contributed by atoms with Gasteiger partial charge in [-0.25, -0.2) is 8.42 Å². The van der Waals surface area contributed by atoms with Crippen molar-refractivity contribution in [3.63, 3.8) is 0 Å². The van der Waals surface area contributed by atoms with E-state index in [1.54, 1.807) is 0 Å². The minimum atomic E-state index is -2.86. The normalized spacial score (nSPS) is 24.1. The van der Waals surface area contributed by atoms with Crippen LogP contribution in [0.15, 0.2) is 30.3 Å². The van der Waals surface area contributed by atoms with E-state index in [0.29, 0.717) is 12.1 Å². The number of nitrogens with one attached hydrogen (secondary N) is 1. The maximum Gasteiger partial charge on any atom is 0.147 e. The SMILES string of the molecule is CCC1CNC(c2ccccc2)CN1CCCS(C)(=O)=O. The van der Waals surface area contributed by atoms with Crippen molar-refractivity contribution in [2.45, 2.75) is 31.8 Å². The summed E-state index contributed by atoms with van der Waals surface area (Å²) >= 11 is 0. The van der Waals surface area contributed by atoms with Crippen molar-refractivity contribution < 1.29 is 8.42 Å². The van der Waals surface area contributed by atoms with Crippen molar-refractivity contribution in [3.8, 4) is 0 Å². The number of piperazine rings is 1. The highest BCUT2D eigenvalue weighted by molar-refractivity contribution is 7.90. The summed E-state index contributed by atoms with van der Waals surface area (Å²) in [6, 6.07) is 11.3. The molecule has 1 heterocycles. The van der Waals surface area contributed by atoms with Crippen molar-refractivity contribution in [1.82, 2.24) is 10.2 Å². The molecule has 1 aliphatic heterocycles. The van der Waals surface area contributed by atoms with Gasteiger partial charge < -0.3 is 5.32 Å². The van der Waals surface area contributed by atoms with Crippen LogP contribution in [-0.4, -0.2) is 51.0 Å². The fourth-order valence-corrected chi connectivity index (χ4v) is 3.62. The molecule has 0 amide bonds. The summed E-state index contributed by atoms with van der Waals surface area (Å²) in [5, 5.41) is 3.61. The Kier molecular flexibility index (Phi) is 5.79. The number of rotatable bonds is 6. The first-order valence-electron chi connectivity index (χ1n) is 7.69. The Hall–Kier alpha value is -0.910. The lowest BCUT2D eigenvalue weighted by Gasteiger charge is -2.40. The minimum Gasteiger partial charge on any atom is -0.307 e. The zero-order chi connectivity index (χ0) is 15.3. The second kappa shape index (κ2) is 7.38. The van der Waals surface area contributed by atoms with Gasteiger partial charge in [0.1, 0.15) is 9.84 Å². The largest absolute Gasteiger partial charge is 0.307 e. The lowest BCUT2D eigenvalue weighted by molar-refractivity contribution is 0.127. The quantitative estimate of drug-likeness (QED) is 0.871. The van der Waals surface area contributed by atoms with Crippen LogP contribution in [0.2, 0.25) is 0 Å². The molecule has 0 radical (unpaired) electrons. The van der Waals surface area contributed by atoms with E-state index in [2.05, 4.69) is 41.4 Å². The van der Waals surface area contributed by atoms with Gasteiger partial charge in [-0.15, -0.1) is 0 Å². The van der Waals surface area contributed by atoms with E-state index in [1.807, 2.05) is 6.07 Å². The van der Waals surface area contributed by atoms with Gasteiger partial charge in [-0.1, -0.05) is 37.3 Å². The summed E-state index contributed by atoms with van der Waals surface area (Å²) in [6.45, 7) is 4.97. The van der Waals surface area contributed by atoms with Gasteiger partial charge in [0.05, 0.1) is 5.75 Å². The predicted octanol–water partition coefficient (Wildman–Crippen LogP) is 1.85. The summed E-state index contributed by atoms with van der Waals surface area (Å²) in [5.74, 6) is 0.281. The highest BCUT2D eigenvalue weighted by Gasteiger charge is 2.27. The first-order chi connectivity index (χ1) is 9.99. The molecule has 21 heavy (non-hydrogen) atoms. The van der Waals surface area contributed by atoms with Gasteiger partial charge in [0.15, 0.2) is 0 Å². The van der Waals surface area contributed by atoms with Gasteiger partial charge in [0.2, 0.25) is 0 Å². The number of benzene rings is 1. The molecule has 2 unspecified atom stereocenters. The Bertz CT molecular complexity index is 530. The number of hydrogen-bond acceptors (Lipinski definition) is 4. The van der Waals surface area contributed by atoms with Crippen molar-refractivity contribution in [2.24, 2.45) is 0 Å². The van der Waals surface area contributed by atoms with Gasteiger partial charge in [-0.2, -0.15) is 0 Å². The van der Waals surface area contributed by atoms with Crippen LogP contribution >= 0.6 is 0 Å². The molecular formula is C16H26N2O2S. The van der Waals surface area contributed by atoms with Crippen molar-refractivity contribution in [2.75, 3.05) is 31.6 Å².